The summed E-state index contributed by atoms with van der Waals surface area (Å²) in [7, 11) is 0. The molecule has 82 valence electrons. The van der Waals surface area contributed by atoms with Crippen LogP contribution >= 0.6 is 12.4 Å². The van der Waals surface area contributed by atoms with E-state index in [0.29, 0.717) is 12.3 Å². The van der Waals surface area contributed by atoms with Gasteiger partial charge in [-0.3, -0.25) is 0 Å². The van der Waals surface area contributed by atoms with Gasteiger partial charge in [-0.15, -0.1) is 12.4 Å². The molecule has 0 radical (unpaired) electrons. The second kappa shape index (κ2) is 6.90. The van der Waals surface area contributed by atoms with Gasteiger partial charge < -0.3 is 10.5 Å². The molecule has 15 heavy (non-hydrogen) atoms. The quantitative estimate of drug-likeness (QED) is 0.490. The molecule has 0 fully saturated rings. The largest absolute Gasteiger partial charge is 0.463 e. The third-order valence-corrected chi connectivity index (χ3v) is 1.61. The minimum atomic E-state index is -0.338. The lowest BCUT2D eigenvalue weighted by Crippen LogP contribution is -1.98. The van der Waals surface area contributed by atoms with E-state index in [1.54, 1.807) is 25.1 Å². The Kier molecular flexibility index (Phi) is 6.22. The Morgan fingerprint density at radius 3 is 2.87 bits per heavy atom. The van der Waals surface area contributed by atoms with Crippen molar-refractivity contribution in [2.24, 2.45) is 0 Å². The first-order valence-electron chi connectivity index (χ1n) is 4.42. The van der Waals surface area contributed by atoms with E-state index in [9.17, 15) is 4.79 Å². The zero-order valence-electron chi connectivity index (χ0n) is 8.47. The Balaban J connectivity index is 0.00000196. The molecular weight excluding hydrogens is 214 g/mol. The van der Waals surface area contributed by atoms with Crippen LogP contribution in [-0.2, 0) is 9.53 Å². The van der Waals surface area contributed by atoms with Gasteiger partial charge in [0.25, 0.3) is 0 Å². The number of hydrogen-bond acceptors (Lipinski definition) is 3. The Bertz CT molecular complexity index is 350. The standard InChI is InChI=1S/C11H13NO2.ClH/c1-2-14-11(13)7-6-9-4-3-5-10(12)8-9;/h3-8H,2,12H2,1H3;1H/b7-6+;. The highest BCUT2D eigenvalue weighted by atomic mass is 35.5. The molecular formula is C11H14ClNO2. The molecule has 2 N–H and O–H groups in total. The number of nitrogens with two attached hydrogens (primary N) is 1. The third-order valence-electron chi connectivity index (χ3n) is 1.61. The summed E-state index contributed by atoms with van der Waals surface area (Å²) in [5, 5.41) is 0. The summed E-state index contributed by atoms with van der Waals surface area (Å²) in [5.41, 5.74) is 7.14. The number of anilines is 1. The Morgan fingerprint density at radius 1 is 1.53 bits per heavy atom. The molecule has 1 aromatic rings. The van der Waals surface area contributed by atoms with Gasteiger partial charge in [-0.1, -0.05) is 12.1 Å². The van der Waals surface area contributed by atoms with Crippen LogP contribution in [-0.4, -0.2) is 12.6 Å². The molecule has 1 aromatic carbocycles. The molecule has 0 aliphatic rings. The van der Waals surface area contributed by atoms with E-state index < -0.39 is 0 Å². The first-order valence-corrected chi connectivity index (χ1v) is 4.42. The van der Waals surface area contributed by atoms with E-state index in [1.165, 1.54) is 6.08 Å². The number of rotatable bonds is 3. The smallest absolute Gasteiger partial charge is 0.330 e. The van der Waals surface area contributed by atoms with Crippen molar-refractivity contribution < 1.29 is 9.53 Å². The summed E-state index contributed by atoms with van der Waals surface area (Å²) in [5.74, 6) is -0.338. The van der Waals surface area contributed by atoms with Crippen molar-refractivity contribution in [3.05, 3.63) is 35.9 Å². The van der Waals surface area contributed by atoms with Crippen LogP contribution in [0.4, 0.5) is 5.69 Å². The average Bonchev–Trinajstić information content (AvgIpc) is 2.15. The molecule has 0 aliphatic heterocycles. The zero-order valence-corrected chi connectivity index (χ0v) is 9.29. The Labute approximate surface area is 95.3 Å². The van der Waals surface area contributed by atoms with Crippen LogP contribution in [0.2, 0.25) is 0 Å². The van der Waals surface area contributed by atoms with Crippen molar-refractivity contribution >= 4 is 30.1 Å². The lowest BCUT2D eigenvalue weighted by molar-refractivity contribution is -0.137. The average molecular weight is 228 g/mol. The lowest BCUT2D eigenvalue weighted by atomic mass is 10.2. The van der Waals surface area contributed by atoms with Gasteiger partial charge in [0.2, 0.25) is 0 Å². The predicted octanol–water partition coefficient (Wildman–Crippen LogP) is 2.27. The molecule has 0 saturated heterocycles. The normalized spacial score (nSPS) is 9.67. The number of esters is 1. The van der Waals surface area contributed by atoms with Gasteiger partial charge >= 0.3 is 5.97 Å². The summed E-state index contributed by atoms with van der Waals surface area (Å²) in [6, 6.07) is 7.28. The molecule has 0 bridgehead atoms. The fourth-order valence-electron chi connectivity index (χ4n) is 1.02. The second-order valence-electron chi connectivity index (χ2n) is 2.76. The summed E-state index contributed by atoms with van der Waals surface area (Å²) >= 11 is 0. The highest BCUT2D eigenvalue weighted by Gasteiger charge is 1.93. The summed E-state index contributed by atoms with van der Waals surface area (Å²) in [6.07, 6.45) is 3.06. The van der Waals surface area contributed by atoms with Gasteiger partial charge in [-0.25, -0.2) is 4.79 Å². The maximum absolute atomic E-state index is 11.0. The van der Waals surface area contributed by atoms with Crippen molar-refractivity contribution in [2.45, 2.75) is 6.92 Å². The number of ether oxygens (including phenoxy) is 1. The summed E-state index contributed by atoms with van der Waals surface area (Å²) in [4.78, 5) is 11.0. The van der Waals surface area contributed by atoms with Gasteiger partial charge in [-0.2, -0.15) is 0 Å². The van der Waals surface area contributed by atoms with Crippen molar-refractivity contribution in [1.82, 2.24) is 0 Å². The number of carbonyl (C=O) groups is 1. The predicted molar refractivity (Wildman–Crippen MR) is 63.8 cm³/mol. The second-order valence-corrected chi connectivity index (χ2v) is 2.76. The fraction of sp³-hybridized carbons (Fsp3) is 0.182. The number of halogens is 1. The van der Waals surface area contributed by atoms with Gasteiger partial charge in [0.05, 0.1) is 6.61 Å². The van der Waals surface area contributed by atoms with E-state index in [4.69, 9.17) is 10.5 Å². The summed E-state index contributed by atoms with van der Waals surface area (Å²) in [6.45, 7) is 2.16. The molecule has 0 unspecified atom stereocenters. The minimum absolute atomic E-state index is 0. The first kappa shape index (κ1) is 13.5. The van der Waals surface area contributed by atoms with Gasteiger partial charge in [-0.05, 0) is 30.7 Å². The number of carbonyl (C=O) groups excluding carboxylic acids is 1. The Hall–Kier alpha value is -1.48. The zero-order chi connectivity index (χ0) is 10.4. The maximum Gasteiger partial charge on any atom is 0.330 e. The molecule has 0 atom stereocenters. The van der Waals surface area contributed by atoms with E-state index in [1.807, 2.05) is 12.1 Å². The van der Waals surface area contributed by atoms with Crippen LogP contribution in [0.25, 0.3) is 6.08 Å². The van der Waals surface area contributed by atoms with E-state index in [-0.39, 0.29) is 18.4 Å². The van der Waals surface area contributed by atoms with Crippen molar-refractivity contribution in [2.75, 3.05) is 12.3 Å². The maximum atomic E-state index is 11.0. The molecule has 0 saturated carbocycles. The van der Waals surface area contributed by atoms with Crippen molar-refractivity contribution in [3.63, 3.8) is 0 Å². The molecule has 0 aliphatic carbocycles. The molecule has 1 rings (SSSR count). The van der Waals surface area contributed by atoms with Crippen LogP contribution in [0.5, 0.6) is 0 Å². The van der Waals surface area contributed by atoms with E-state index in [2.05, 4.69) is 0 Å². The van der Waals surface area contributed by atoms with E-state index >= 15 is 0 Å². The van der Waals surface area contributed by atoms with Gasteiger partial charge in [0.15, 0.2) is 0 Å². The SMILES string of the molecule is CCOC(=O)/C=C/c1cccc(N)c1.Cl. The van der Waals surface area contributed by atoms with Crippen LogP contribution in [0.1, 0.15) is 12.5 Å². The van der Waals surface area contributed by atoms with Crippen molar-refractivity contribution in [1.29, 1.82) is 0 Å². The number of benzene rings is 1. The fourth-order valence-corrected chi connectivity index (χ4v) is 1.02. The van der Waals surface area contributed by atoms with Crippen LogP contribution in [0.3, 0.4) is 0 Å². The molecule has 0 amide bonds. The highest BCUT2D eigenvalue weighted by molar-refractivity contribution is 5.87. The third kappa shape index (κ3) is 5.08. The summed E-state index contributed by atoms with van der Waals surface area (Å²) < 4.78 is 4.74. The monoisotopic (exact) mass is 227 g/mol. The van der Waals surface area contributed by atoms with Gasteiger partial charge in [0.1, 0.15) is 0 Å². The topological polar surface area (TPSA) is 52.3 Å². The minimum Gasteiger partial charge on any atom is -0.463 e. The van der Waals surface area contributed by atoms with Crippen LogP contribution in [0, 0.1) is 0 Å². The van der Waals surface area contributed by atoms with Crippen molar-refractivity contribution in [3.8, 4) is 0 Å². The van der Waals surface area contributed by atoms with E-state index in [0.717, 1.165) is 5.56 Å². The van der Waals surface area contributed by atoms with Crippen LogP contribution in [0.15, 0.2) is 30.3 Å². The first-order chi connectivity index (χ1) is 6.72. The van der Waals surface area contributed by atoms with Gasteiger partial charge in [0, 0.05) is 11.8 Å². The molecule has 0 spiro atoms. The molecule has 3 nitrogen and oxygen atoms in total. The Morgan fingerprint density at radius 2 is 2.27 bits per heavy atom. The number of hydrogen-bond donors (Lipinski definition) is 1. The lowest BCUT2D eigenvalue weighted by Gasteiger charge is -1.96. The van der Waals surface area contributed by atoms with Crippen LogP contribution < -0.4 is 5.73 Å². The molecule has 4 heteroatoms. The molecule has 0 heterocycles. The number of nitrogen functional groups attached to an aromatic ring is 1. The highest BCUT2D eigenvalue weighted by Crippen LogP contribution is 2.07. The molecule has 0 aromatic heterocycles.